The van der Waals surface area contributed by atoms with Crippen molar-refractivity contribution >= 4 is 23.0 Å². The summed E-state index contributed by atoms with van der Waals surface area (Å²) in [5.41, 5.74) is 3.82. The molecule has 2 heterocycles. The van der Waals surface area contributed by atoms with E-state index in [0.29, 0.717) is 18.3 Å². The predicted molar refractivity (Wildman–Crippen MR) is 102 cm³/mol. The minimum atomic E-state index is 0.0346. The Labute approximate surface area is 150 Å². The van der Waals surface area contributed by atoms with Gasteiger partial charge in [0, 0.05) is 24.0 Å². The summed E-state index contributed by atoms with van der Waals surface area (Å²) >= 11 is 0. The Morgan fingerprint density at radius 3 is 2.56 bits per heavy atom. The van der Waals surface area contributed by atoms with E-state index in [1.54, 1.807) is 6.20 Å². The quantitative estimate of drug-likeness (QED) is 0.871. The van der Waals surface area contributed by atoms with Crippen molar-refractivity contribution in [3.63, 3.8) is 0 Å². The third kappa shape index (κ3) is 4.33. The number of anilines is 1. The van der Waals surface area contributed by atoms with E-state index >= 15 is 0 Å². The van der Waals surface area contributed by atoms with Gasteiger partial charge in [0.25, 0.3) is 0 Å². The fraction of sp³-hybridized carbons (Fsp3) is 0.600. The zero-order valence-corrected chi connectivity index (χ0v) is 15.3. The van der Waals surface area contributed by atoms with Gasteiger partial charge in [0.2, 0.25) is 5.91 Å². The van der Waals surface area contributed by atoms with Crippen LogP contribution in [0.5, 0.6) is 0 Å². The summed E-state index contributed by atoms with van der Waals surface area (Å²) in [6, 6.07) is 3.88. The van der Waals surface area contributed by atoms with Crippen LogP contribution >= 0.6 is 0 Å². The Morgan fingerprint density at radius 2 is 1.88 bits per heavy atom. The number of aromatic nitrogens is 1. The summed E-state index contributed by atoms with van der Waals surface area (Å²) in [5, 5.41) is 11.8. The first-order valence-electron chi connectivity index (χ1n) is 9.57. The SMILES string of the molecule is CCCC(=O)Nc1ccc(C2=NN=C(C)C3CCCCCCC23)nc1. The molecule has 2 unspecified atom stereocenters. The van der Waals surface area contributed by atoms with Crippen LogP contribution in [0, 0.1) is 11.8 Å². The summed E-state index contributed by atoms with van der Waals surface area (Å²) in [6.45, 7) is 4.11. The van der Waals surface area contributed by atoms with Crippen molar-refractivity contribution < 1.29 is 4.79 Å². The monoisotopic (exact) mass is 340 g/mol. The first-order valence-corrected chi connectivity index (χ1v) is 9.57. The van der Waals surface area contributed by atoms with Gasteiger partial charge >= 0.3 is 0 Å². The van der Waals surface area contributed by atoms with Gasteiger partial charge in [-0.1, -0.05) is 32.6 Å². The Hall–Kier alpha value is -2.04. The van der Waals surface area contributed by atoms with Gasteiger partial charge in [0.05, 0.1) is 23.3 Å². The van der Waals surface area contributed by atoms with E-state index < -0.39 is 0 Å². The molecule has 0 radical (unpaired) electrons. The van der Waals surface area contributed by atoms with E-state index in [2.05, 4.69) is 27.4 Å². The van der Waals surface area contributed by atoms with Crippen molar-refractivity contribution in [2.75, 3.05) is 5.32 Å². The van der Waals surface area contributed by atoms with Gasteiger partial charge in [-0.3, -0.25) is 9.78 Å². The van der Waals surface area contributed by atoms with Gasteiger partial charge in [0.1, 0.15) is 0 Å². The summed E-state index contributed by atoms with van der Waals surface area (Å²) in [5.74, 6) is 0.955. The molecule has 3 rings (SSSR count). The Balaban J connectivity index is 1.78. The molecule has 134 valence electrons. The Kier molecular flexibility index (Phi) is 5.95. The molecule has 5 heteroatoms. The maximum atomic E-state index is 11.7. The number of nitrogens with one attached hydrogen (secondary N) is 1. The van der Waals surface area contributed by atoms with Crippen molar-refractivity contribution in [1.29, 1.82) is 0 Å². The second kappa shape index (κ2) is 8.37. The highest BCUT2D eigenvalue weighted by Gasteiger charge is 2.33. The van der Waals surface area contributed by atoms with E-state index in [-0.39, 0.29) is 5.91 Å². The molecule has 1 aromatic rings. The molecule has 0 aromatic carbocycles. The third-order valence-corrected chi connectivity index (χ3v) is 5.26. The highest BCUT2D eigenvalue weighted by Crippen LogP contribution is 2.34. The maximum absolute atomic E-state index is 11.7. The lowest BCUT2D eigenvalue weighted by molar-refractivity contribution is -0.116. The van der Waals surface area contributed by atoms with Crippen molar-refractivity contribution in [2.24, 2.45) is 22.0 Å². The number of hydrogen-bond donors (Lipinski definition) is 1. The molecule has 1 amide bonds. The summed E-state index contributed by atoms with van der Waals surface area (Å²) in [6.07, 6.45) is 10.6. The maximum Gasteiger partial charge on any atom is 0.224 e. The van der Waals surface area contributed by atoms with Gasteiger partial charge in [-0.25, -0.2) is 0 Å². The topological polar surface area (TPSA) is 66.7 Å². The van der Waals surface area contributed by atoms with Gasteiger partial charge in [-0.05, 0) is 38.3 Å². The Bertz CT molecular complexity index is 663. The van der Waals surface area contributed by atoms with E-state index in [9.17, 15) is 4.79 Å². The average Bonchev–Trinajstić information content (AvgIpc) is 2.57. The molecule has 0 saturated heterocycles. The van der Waals surface area contributed by atoms with Crippen LogP contribution < -0.4 is 5.32 Å². The van der Waals surface area contributed by atoms with Crippen molar-refractivity contribution in [1.82, 2.24) is 4.98 Å². The molecule has 0 bridgehead atoms. The van der Waals surface area contributed by atoms with Crippen LogP contribution in [0.15, 0.2) is 28.5 Å². The number of rotatable bonds is 4. The molecule has 0 spiro atoms. The van der Waals surface area contributed by atoms with E-state index in [1.807, 2.05) is 19.1 Å². The molecule has 5 nitrogen and oxygen atoms in total. The summed E-state index contributed by atoms with van der Waals surface area (Å²) in [7, 11) is 0. The lowest BCUT2D eigenvalue weighted by Crippen LogP contribution is -2.33. The highest BCUT2D eigenvalue weighted by atomic mass is 16.1. The minimum absolute atomic E-state index is 0.0346. The number of nitrogens with zero attached hydrogens (tertiary/aromatic N) is 3. The normalized spacial score (nSPS) is 23.6. The van der Waals surface area contributed by atoms with Crippen LogP contribution in [0.25, 0.3) is 0 Å². The first-order chi connectivity index (χ1) is 12.2. The van der Waals surface area contributed by atoms with E-state index in [1.165, 1.54) is 37.8 Å². The zero-order chi connectivity index (χ0) is 17.6. The third-order valence-electron chi connectivity index (χ3n) is 5.26. The fourth-order valence-electron chi connectivity index (χ4n) is 3.90. The first kappa shape index (κ1) is 17.8. The lowest BCUT2D eigenvalue weighted by Gasteiger charge is -2.32. The fourth-order valence-corrected chi connectivity index (χ4v) is 3.90. The second-order valence-electron chi connectivity index (χ2n) is 7.16. The van der Waals surface area contributed by atoms with Crippen LogP contribution in [0.3, 0.4) is 0 Å². The van der Waals surface area contributed by atoms with Crippen molar-refractivity contribution in [2.45, 2.75) is 65.2 Å². The molecule has 1 aliphatic heterocycles. The molecule has 2 aliphatic rings. The molecule has 1 saturated carbocycles. The summed E-state index contributed by atoms with van der Waals surface area (Å²) < 4.78 is 0. The molecule has 1 aliphatic carbocycles. The molecule has 1 aromatic heterocycles. The number of fused-ring (bicyclic) bond motifs is 1. The highest BCUT2D eigenvalue weighted by molar-refractivity contribution is 6.05. The number of carbonyl (C=O) groups excluding carboxylic acids is 1. The minimum Gasteiger partial charge on any atom is -0.325 e. The largest absolute Gasteiger partial charge is 0.325 e. The van der Waals surface area contributed by atoms with Crippen LogP contribution in [-0.2, 0) is 4.79 Å². The van der Waals surface area contributed by atoms with Crippen molar-refractivity contribution in [3.05, 3.63) is 24.0 Å². The van der Waals surface area contributed by atoms with Gasteiger partial charge in [-0.15, -0.1) is 0 Å². The van der Waals surface area contributed by atoms with Gasteiger partial charge in [0.15, 0.2) is 0 Å². The Morgan fingerprint density at radius 1 is 1.12 bits per heavy atom. The van der Waals surface area contributed by atoms with Crippen LogP contribution in [-0.4, -0.2) is 22.3 Å². The van der Waals surface area contributed by atoms with Crippen LogP contribution in [0.2, 0.25) is 0 Å². The van der Waals surface area contributed by atoms with Gasteiger partial charge in [-0.2, -0.15) is 10.2 Å². The lowest BCUT2D eigenvalue weighted by atomic mass is 9.75. The second-order valence-corrected chi connectivity index (χ2v) is 7.16. The molecule has 2 atom stereocenters. The van der Waals surface area contributed by atoms with E-state index in [4.69, 9.17) is 0 Å². The molecular formula is C20H28N4O. The van der Waals surface area contributed by atoms with E-state index in [0.717, 1.165) is 29.9 Å². The number of amides is 1. The standard InChI is InChI=1S/C20H28N4O/c1-3-8-19(25)22-15-11-12-18(21-13-15)20-17-10-7-5-4-6-9-16(17)14(2)23-24-20/h11-13,16-17H,3-10H2,1-2H3,(H,22,25). The molecule has 1 fully saturated rings. The van der Waals surface area contributed by atoms with Crippen LogP contribution in [0.1, 0.15) is 70.9 Å². The summed E-state index contributed by atoms with van der Waals surface area (Å²) in [4.78, 5) is 16.3. The molecule has 1 N–H and O–H groups in total. The van der Waals surface area contributed by atoms with Crippen molar-refractivity contribution in [3.8, 4) is 0 Å². The zero-order valence-electron chi connectivity index (χ0n) is 15.3. The number of hydrogen-bond acceptors (Lipinski definition) is 4. The molecular weight excluding hydrogens is 312 g/mol. The number of carbonyl (C=O) groups is 1. The predicted octanol–water partition coefficient (Wildman–Crippen LogP) is 4.59. The molecule has 25 heavy (non-hydrogen) atoms. The number of pyridine rings is 1. The van der Waals surface area contributed by atoms with Gasteiger partial charge < -0.3 is 5.32 Å². The van der Waals surface area contributed by atoms with Crippen LogP contribution in [0.4, 0.5) is 5.69 Å². The smallest absolute Gasteiger partial charge is 0.224 e. The average molecular weight is 340 g/mol.